The number of hydrogen-bond donors (Lipinski definition) is 0. The summed E-state index contributed by atoms with van der Waals surface area (Å²) in [5, 5.41) is 0. The van der Waals surface area contributed by atoms with E-state index in [0.717, 1.165) is 0 Å². The summed E-state index contributed by atoms with van der Waals surface area (Å²) in [6.45, 7) is 18.2. The lowest BCUT2D eigenvalue weighted by Gasteiger charge is -2.18. The van der Waals surface area contributed by atoms with Crippen molar-refractivity contribution < 1.29 is 4.57 Å². The van der Waals surface area contributed by atoms with Gasteiger partial charge >= 0.3 is 0 Å². The van der Waals surface area contributed by atoms with Crippen LogP contribution < -0.4 is 4.57 Å². The van der Waals surface area contributed by atoms with Crippen molar-refractivity contribution >= 4 is 11.0 Å². The average molecular weight is 440 g/mol. The Balaban J connectivity index is 2.23. The van der Waals surface area contributed by atoms with Crippen molar-refractivity contribution in [1.82, 2.24) is 4.57 Å². The van der Waals surface area contributed by atoms with Gasteiger partial charge in [-0.25, -0.2) is 4.57 Å². The highest BCUT2D eigenvalue weighted by atomic mass is 15.2. The highest BCUT2D eigenvalue weighted by Gasteiger charge is 2.31. The second-order valence-electron chi connectivity index (χ2n) is 10.5. The van der Waals surface area contributed by atoms with E-state index < -0.39 is 0 Å². The maximum Gasteiger partial charge on any atom is 0.295 e. The first-order chi connectivity index (χ1) is 15.6. The number of nitrogens with zero attached hydrogens (tertiary/aromatic N) is 2. The second kappa shape index (κ2) is 8.82. The smallest absolute Gasteiger partial charge is 0.225 e. The van der Waals surface area contributed by atoms with Crippen molar-refractivity contribution in [2.75, 3.05) is 0 Å². The third-order valence-corrected chi connectivity index (χ3v) is 7.00. The Labute approximate surface area is 199 Å². The molecule has 4 aromatic rings. The van der Waals surface area contributed by atoms with Crippen molar-refractivity contribution in [2.45, 2.75) is 73.1 Å². The summed E-state index contributed by atoms with van der Waals surface area (Å²) in [6.07, 6.45) is 0. The van der Waals surface area contributed by atoms with Crippen molar-refractivity contribution in [3.8, 4) is 17.1 Å². The molecule has 0 saturated heterocycles. The molecular formula is C31H39N2+. The van der Waals surface area contributed by atoms with Crippen LogP contribution in [0.2, 0.25) is 0 Å². The van der Waals surface area contributed by atoms with E-state index in [9.17, 15) is 0 Å². The van der Waals surface area contributed by atoms with Crippen LogP contribution >= 0.6 is 0 Å². The normalized spacial score (nSPS) is 12.0. The summed E-state index contributed by atoms with van der Waals surface area (Å²) in [5.41, 5.74) is 12.0. The Morgan fingerprint density at radius 1 is 0.727 bits per heavy atom. The van der Waals surface area contributed by atoms with Crippen molar-refractivity contribution in [1.29, 1.82) is 0 Å². The van der Waals surface area contributed by atoms with E-state index in [-0.39, 0.29) is 0 Å². The number of benzene rings is 3. The average Bonchev–Trinajstić information content (AvgIpc) is 3.06. The van der Waals surface area contributed by atoms with E-state index in [2.05, 4.69) is 126 Å². The van der Waals surface area contributed by atoms with E-state index in [1.165, 1.54) is 55.9 Å². The molecule has 4 rings (SSSR count). The molecule has 0 aliphatic rings. The molecule has 0 bridgehead atoms. The zero-order valence-corrected chi connectivity index (χ0v) is 21.8. The van der Waals surface area contributed by atoms with Crippen LogP contribution in [0.5, 0.6) is 0 Å². The predicted octanol–water partition coefficient (Wildman–Crippen LogP) is 8.11. The minimum absolute atomic E-state index is 0.433. The Morgan fingerprint density at radius 3 is 1.94 bits per heavy atom. The van der Waals surface area contributed by atoms with Gasteiger partial charge in [0.15, 0.2) is 11.0 Å². The molecule has 0 radical (unpaired) electrons. The first kappa shape index (κ1) is 23.3. The van der Waals surface area contributed by atoms with Gasteiger partial charge in [-0.2, -0.15) is 4.57 Å². The number of imidazole rings is 1. The molecule has 1 heterocycles. The van der Waals surface area contributed by atoms with Crippen LogP contribution in [0.4, 0.5) is 0 Å². The lowest BCUT2D eigenvalue weighted by atomic mass is 9.92. The Bertz CT molecular complexity index is 1290. The number of rotatable bonds is 5. The fourth-order valence-corrected chi connectivity index (χ4v) is 5.01. The Hall–Kier alpha value is -2.87. The third kappa shape index (κ3) is 4.01. The molecule has 0 atom stereocenters. The van der Waals surface area contributed by atoms with Crippen molar-refractivity contribution in [3.05, 3.63) is 82.4 Å². The van der Waals surface area contributed by atoms with Gasteiger partial charge in [0.1, 0.15) is 5.69 Å². The van der Waals surface area contributed by atoms with E-state index in [0.29, 0.717) is 17.8 Å². The molecule has 0 saturated carbocycles. The lowest BCUT2D eigenvalue weighted by Crippen LogP contribution is -2.36. The molecule has 0 aliphatic carbocycles. The topological polar surface area (TPSA) is 8.81 Å². The largest absolute Gasteiger partial charge is 0.295 e. The van der Waals surface area contributed by atoms with E-state index in [1.807, 2.05) is 0 Å². The Kier molecular flexibility index (Phi) is 6.22. The molecule has 2 nitrogen and oxygen atoms in total. The molecule has 0 fully saturated rings. The van der Waals surface area contributed by atoms with Gasteiger partial charge in [0.05, 0.1) is 12.6 Å². The highest BCUT2D eigenvalue weighted by molar-refractivity contribution is 5.79. The van der Waals surface area contributed by atoms with Gasteiger partial charge in [-0.3, -0.25) is 0 Å². The summed E-state index contributed by atoms with van der Waals surface area (Å²) in [7, 11) is 2.23. The third-order valence-electron chi connectivity index (χ3n) is 7.00. The van der Waals surface area contributed by atoms with Crippen LogP contribution in [0.25, 0.3) is 28.1 Å². The monoisotopic (exact) mass is 439 g/mol. The molecule has 0 amide bonds. The van der Waals surface area contributed by atoms with Gasteiger partial charge in [0.25, 0.3) is 5.82 Å². The number of fused-ring (bicyclic) bond motifs is 1. The first-order valence-corrected chi connectivity index (χ1v) is 12.4. The molecule has 0 aliphatic heterocycles. The SMILES string of the molecule is Cc1ccc(C)c(-c2n(C)c3cc(C(C)C)ccc3[n+]2-c2c(C(C)C)cccc2C(C)C)c1. The molecule has 0 N–H and O–H groups in total. The predicted molar refractivity (Wildman–Crippen MR) is 142 cm³/mol. The molecule has 2 heteroatoms. The standard InChI is InChI=1S/C31H39N2/c1-19(2)24-15-16-28-29(18-24)32(9)31(27-17-22(7)13-14-23(27)8)33(28)30-25(20(3)4)11-10-12-26(30)21(5)6/h10-21H,1-9H3/q+1. The lowest BCUT2D eigenvalue weighted by molar-refractivity contribution is -0.557. The van der Waals surface area contributed by atoms with E-state index in [4.69, 9.17) is 0 Å². The van der Waals surface area contributed by atoms with Gasteiger partial charge in [-0.1, -0.05) is 83.5 Å². The minimum atomic E-state index is 0.433. The first-order valence-electron chi connectivity index (χ1n) is 12.4. The molecule has 3 aromatic carbocycles. The number of hydrogen-bond acceptors (Lipinski definition) is 0. The second-order valence-corrected chi connectivity index (χ2v) is 10.5. The summed E-state index contributed by atoms with van der Waals surface area (Å²) < 4.78 is 4.95. The molecule has 0 unspecified atom stereocenters. The number of aromatic nitrogens is 2. The number of para-hydroxylation sites is 1. The molecular weight excluding hydrogens is 400 g/mol. The van der Waals surface area contributed by atoms with E-state index in [1.54, 1.807) is 0 Å². The fourth-order valence-electron chi connectivity index (χ4n) is 5.01. The molecule has 1 aromatic heterocycles. The van der Waals surface area contributed by atoms with E-state index >= 15 is 0 Å². The van der Waals surface area contributed by atoms with Gasteiger partial charge < -0.3 is 0 Å². The zero-order valence-electron chi connectivity index (χ0n) is 21.8. The summed E-state index contributed by atoms with van der Waals surface area (Å²) >= 11 is 0. The maximum atomic E-state index is 2.55. The van der Waals surface area contributed by atoms with Crippen LogP contribution in [0, 0.1) is 13.8 Å². The van der Waals surface area contributed by atoms with Crippen molar-refractivity contribution in [2.24, 2.45) is 7.05 Å². The molecule has 0 spiro atoms. The molecule has 172 valence electrons. The maximum absolute atomic E-state index is 2.55. The van der Waals surface area contributed by atoms with Gasteiger partial charge in [0, 0.05) is 11.1 Å². The van der Waals surface area contributed by atoms with Gasteiger partial charge in [-0.05, 0) is 60.9 Å². The van der Waals surface area contributed by atoms with Crippen LogP contribution in [-0.4, -0.2) is 4.57 Å². The van der Waals surface area contributed by atoms with Crippen LogP contribution in [0.3, 0.4) is 0 Å². The summed E-state index contributed by atoms with van der Waals surface area (Å²) in [5.74, 6) is 2.61. The van der Waals surface area contributed by atoms with Crippen LogP contribution in [0.15, 0.2) is 54.6 Å². The van der Waals surface area contributed by atoms with Crippen LogP contribution in [-0.2, 0) is 7.05 Å². The van der Waals surface area contributed by atoms with Gasteiger partial charge in [-0.15, -0.1) is 0 Å². The van der Waals surface area contributed by atoms with Crippen molar-refractivity contribution in [3.63, 3.8) is 0 Å². The zero-order chi connectivity index (χ0) is 24.0. The number of aryl methyl sites for hydroxylation is 3. The summed E-state index contributed by atoms with van der Waals surface area (Å²) in [4.78, 5) is 0. The fraction of sp³-hybridized carbons (Fsp3) is 0.387. The molecule has 33 heavy (non-hydrogen) atoms. The minimum Gasteiger partial charge on any atom is -0.225 e. The van der Waals surface area contributed by atoms with Crippen LogP contribution in [0.1, 0.15) is 87.1 Å². The quantitative estimate of drug-likeness (QED) is 0.278. The highest BCUT2D eigenvalue weighted by Crippen LogP contribution is 2.34. The Morgan fingerprint density at radius 2 is 1.36 bits per heavy atom. The van der Waals surface area contributed by atoms with Gasteiger partial charge in [0.2, 0.25) is 0 Å². The summed E-state index contributed by atoms with van der Waals surface area (Å²) in [6, 6.07) is 20.7.